The molecule has 2 aromatic carbocycles. The lowest BCUT2D eigenvalue weighted by molar-refractivity contribution is 0.0681. The Morgan fingerprint density at radius 1 is 1.14 bits per heavy atom. The summed E-state index contributed by atoms with van der Waals surface area (Å²) in [4.78, 5) is 15.0. The Balaban J connectivity index is 1.90. The van der Waals surface area contributed by atoms with Crippen molar-refractivity contribution in [1.82, 2.24) is 4.90 Å². The molecule has 1 fully saturated rings. The van der Waals surface area contributed by atoms with Crippen molar-refractivity contribution in [3.63, 3.8) is 0 Å². The van der Waals surface area contributed by atoms with Gasteiger partial charge >= 0.3 is 0 Å². The molecule has 1 heterocycles. The van der Waals surface area contributed by atoms with E-state index in [4.69, 9.17) is 0 Å². The van der Waals surface area contributed by atoms with E-state index < -0.39 is 9.84 Å². The zero-order valence-electron chi connectivity index (χ0n) is 16.5. The topological polar surface area (TPSA) is 54.5 Å². The van der Waals surface area contributed by atoms with Crippen molar-refractivity contribution in [2.45, 2.75) is 45.2 Å². The molecule has 0 aliphatic carbocycles. The standard InChI is InChI=1S/C22H26BrNO3S/c1-22(2,3)18-9-7-17(8-10-18)21(25)24(20-11-12-28(26,27)15-20)14-16-5-4-6-19(23)13-16/h4-10,13,20H,11-12,14-15H2,1-3H3/t20-/m1/s1. The van der Waals surface area contributed by atoms with Crippen LogP contribution in [0, 0.1) is 0 Å². The number of benzene rings is 2. The van der Waals surface area contributed by atoms with Gasteiger partial charge in [0, 0.05) is 22.6 Å². The molecule has 150 valence electrons. The summed E-state index contributed by atoms with van der Waals surface area (Å²) in [6.45, 7) is 6.78. The molecule has 1 saturated heterocycles. The smallest absolute Gasteiger partial charge is 0.254 e. The summed E-state index contributed by atoms with van der Waals surface area (Å²) in [5, 5.41) is 0. The van der Waals surface area contributed by atoms with E-state index in [0.717, 1.165) is 15.6 Å². The molecule has 1 aliphatic rings. The number of sulfone groups is 1. The van der Waals surface area contributed by atoms with Crippen molar-refractivity contribution >= 4 is 31.7 Å². The maximum Gasteiger partial charge on any atom is 0.254 e. The van der Waals surface area contributed by atoms with Gasteiger partial charge in [0.05, 0.1) is 11.5 Å². The molecule has 1 atom stereocenters. The lowest BCUT2D eigenvalue weighted by Crippen LogP contribution is -2.40. The second kappa shape index (κ2) is 7.99. The number of hydrogen-bond donors (Lipinski definition) is 0. The van der Waals surface area contributed by atoms with Crippen LogP contribution in [0.15, 0.2) is 53.0 Å². The maximum absolute atomic E-state index is 13.3. The Hall–Kier alpha value is -1.66. The predicted molar refractivity (Wildman–Crippen MR) is 116 cm³/mol. The molecule has 4 nitrogen and oxygen atoms in total. The minimum atomic E-state index is -3.09. The molecular weight excluding hydrogens is 438 g/mol. The summed E-state index contributed by atoms with van der Waals surface area (Å²) in [6.07, 6.45) is 0.488. The average molecular weight is 464 g/mol. The van der Waals surface area contributed by atoms with E-state index in [1.54, 1.807) is 4.90 Å². The van der Waals surface area contributed by atoms with E-state index in [-0.39, 0.29) is 28.9 Å². The van der Waals surface area contributed by atoms with Crippen LogP contribution < -0.4 is 0 Å². The number of carbonyl (C=O) groups is 1. The van der Waals surface area contributed by atoms with E-state index in [9.17, 15) is 13.2 Å². The van der Waals surface area contributed by atoms with Crippen LogP contribution in [-0.4, -0.2) is 36.8 Å². The van der Waals surface area contributed by atoms with Crippen molar-refractivity contribution in [3.8, 4) is 0 Å². The summed E-state index contributed by atoms with van der Waals surface area (Å²) in [6, 6.07) is 15.1. The third-order valence-corrected chi connectivity index (χ3v) is 7.39. The first kappa shape index (κ1) is 21.1. The normalized spacial score (nSPS) is 18.8. The first-order chi connectivity index (χ1) is 13.0. The van der Waals surface area contributed by atoms with Crippen LogP contribution in [0.3, 0.4) is 0 Å². The summed E-state index contributed by atoms with van der Waals surface area (Å²) < 4.78 is 25.0. The van der Waals surface area contributed by atoms with Crippen molar-refractivity contribution < 1.29 is 13.2 Å². The van der Waals surface area contributed by atoms with Gasteiger partial charge in [0.15, 0.2) is 9.84 Å². The van der Waals surface area contributed by atoms with Gasteiger partial charge in [-0.3, -0.25) is 4.79 Å². The maximum atomic E-state index is 13.3. The van der Waals surface area contributed by atoms with Crippen molar-refractivity contribution in [2.24, 2.45) is 0 Å². The molecule has 0 saturated carbocycles. The van der Waals surface area contributed by atoms with Crippen LogP contribution >= 0.6 is 15.9 Å². The van der Waals surface area contributed by atoms with Crippen molar-refractivity contribution in [2.75, 3.05) is 11.5 Å². The van der Waals surface area contributed by atoms with Crippen LogP contribution in [0.25, 0.3) is 0 Å². The van der Waals surface area contributed by atoms with Crippen LogP contribution in [-0.2, 0) is 21.8 Å². The van der Waals surface area contributed by atoms with Crippen LogP contribution in [0.5, 0.6) is 0 Å². The first-order valence-corrected chi connectivity index (χ1v) is 12.0. The molecule has 0 N–H and O–H groups in total. The second-order valence-corrected chi connectivity index (χ2v) is 11.6. The number of amides is 1. The highest BCUT2D eigenvalue weighted by molar-refractivity contribution is 9.10. The van der Waals surface area contributed by atoms with Gasteiger partial charge in [-0.1, -0.05) is 61.0 Å². The molecule has 2 aromatic rings. The molecule has 0 aromatic heterocycles. The molecule has 6 heteroatoms. The van der Waals surface area contributed by atoms with E-state index in [0.29, 0.717) is 18.5 Å². The zero-order valence-corrected chi connectivity index (χ0v) is 18.9. The molecule has 0 unspecified atom stereocenters. The van der Waals surface area contributed by atoms with Gasteiger partial charge in [0.2, 0.25) is 0 Å². The molecule has 28 heavy (non-hydrogen) atoms. The lowest BCUT2D eigenvalue weighted by Gasteiger charge is -2.29. The molecule has 0 radical (unpaired) electrons. The van der Waals surface area contributed by atoms with E-state index >= 15 is 0 Å². The van der Waals surface area contributed by atoms with Gasteiger partial charge in [0.1, 0.15) is 0 Å². The Morgan fingerprint density at radius 2 is 1.82 bits per heavy atom. The van der Waals surface area contributed by atoms with Crippen LogP contribution in [0.2, 0.25) is 0 Å². The highest BCUT2D eigenvalue weighted by atomic mass is 79.9. The number of rotatable bonds is 4. The van der Waals surface area contributed by atoms with Crippen molar-refractivity contribution in [1.29, 1.82) is 0 Å². The number of halogens is 1. The van der Waals surface area contributed by atoms with Gasteiger partial charge in [-0.25, -0.2) is 8.42 Å². The number of nitrogens with zero attached hydrogens (tertiary/aromatic N) is 1. The van der Waals surface area contributed by atoms with Crippen LogP contribution in [0.4, 0.5) is 0 Å². The van der Waals surface area contributed by atoms with Gasteiger partial charge in [-0.05, 0) is 47.2 Å². The largest absolute Gasteiger partial charge is 0.330 e. The second-order valence-electron chi connectivity index (χ2n) is 8.45. The summed E-state index contributed by atoms with van der Waals surface area (Å²) in [5.41, 5.74) is 2.73. The fraction of sp³-hybridized carbons (Fsp3) is 0.409. The highest BCUT2D eigenvalue weighted by Crippen LogP contribution is 2.26. The Kier molecular flexibility index (Phi) is 6.01. The predicted octanol–water partition coefficient (Wildman–Crippen LogP) is 4.58. The fourth-order valence-corrected chi connectivity index (χ4v) is 5.68. The van der Waals surface area contributed by atoms with Gasteiger partial charge in [0.25, 0.3) is 5.91 Å². The molecular formula is C22H26BrNO3S. The Labute approximate surface area is 176 Å². The number of carbonyl (C=O) groups excluding carboxylic acids is 1. The van der Waals surface area contributed by atoms with Crippen molar-refractivity contribution in [3.05, 3.63) is 69.7 Å². The Bertz CT molecular complexity index is 962. The molecule has 1 aliphatic heterocycles. The zero-order chi connectivity index (χ0) is 20.5. The molecule has 3 rings (SSSR count). The van der Waals surface area contributed by atoms with Crippen LogP contribution in [0.1, 0.15) is 48.7 Å². The highest BCUT2D eigenvalue weighted by Gasteiger charge is 2.35. The van der Waals surface area contributed by atoms with Gasteiger partial charge < -0.3 is 4.90 Å². The first-order valence-electron chi connectivity index (χ1n) is 9.41. The molecule has 0 spiro atoms. The third kappa shape index (κ3) is 5.03. The number of hydrogen-bond acceptors (Lipinski definition) is 3. The molecule has 0 bridgehead atoms. The minimum absolute atomic E-state index is 0.0110. The summed E-state index contributed by atoms with van der Waals surface area (Å²) in [7, 11) is -3.09. The average Bonchev–Trinajstić information content (AvgIpc) is 2.98. The van der Waals surface area contributed by atoms with E-state index in [1.807, 2.05) is 48.5 Å². The van der Waals surface area contributed by atoms with E-state index in [1.165, 1.54) is 0 Å². The fourth-order valence-electron chi connectivity index (χ4n) is 3.50. The Morgan fingerprint density at radius 3 is 2.36 bits per heavy atom. The van der Waals surface area contributed by atoms with E-state index in [2.05, 4.69) is 36.7 Å². The summed E-state index contributed by atoms with van der Waals surface area (Å²) in [5.74, 6) is 0.0536. The minimum Gasteiger partial charge on any atom is -0.330 e. The van der Waals surface area contributed by atoms with Gasteiger partial charge in [-0.2, -0.15) is 0 Å². The SMILES string of the molecule is CC(C)(C)c1ccc(C(=O)N(Cc2cccc(Br)c2)[C@@H]2CCS(=O)(=O)C2)cc1. The quantitative estimate of drug-likeness (QED) is 0.666. The monoisotopic (exact) mass is 463 g/mol. The summed E-state index contributed by atoms with van der Waals surface area (Å²) >= 11 is 3.46. The van der Waals surface area contributed by atoms with Gasteiger partial charge in [-0.15, -0.1) is 0 Å². The molecule has 1 amide bonds. The third-order valence-electron chi connectivity index (χ3n) is 5.15. The lowest BCUT2D eigenvalue weighted by atomic mass is 9.86.